The second-order valence-corrected chi connectivity index (χ2v) is 6.26. The summed E-state index contributed by atoms with van der Waals surface area (Å²) < 4.78 is 53.1. The van der Waals surface area contributed by atoms with Crippen LogP contribution in [0.15, 0.2) is 67.0 Å². The van der Waals surface area contributed by atoms with Crippen LogP contribution in [0, 0.1) is 5.82 Å². The van der Waals surface area contributed by atoms with Crippen LogP contribution in [0.1, 0.15) is 5.56 Å². The van der Waals surface area contributed by atoms with Gasteiger partial charge in [0, 0.05) is 23.6 Å². The number of fused-ring (bicyclic) bond motifs is 1. The lowest BCUT2D eigenvalue weighted by Crippen LogP contribution is -2.20. The third-order valence-electron chi connectivity index (χ3n) is 4.22. The Labute approximate surface area is 167 Å². The number of imidazole rings is 1. The van der Waals surface area contributed by atoms with E-state index in [0.717, 1.165) is 12.1 Å². The van der Waals surface area contributed by atoms with E-state index in [1.54, 1.807) is 12.3 Å². The van der Waals surface area contributed by atoms with Gasteiger partial charge in [-0.25, -0.2) is 19.2 Å². The Morgan fingerprint density at radius 2 is 1.67 bits per heavy atom. The van der Waals surface area contributed by atoms with Crippen molar-refractivity contribution in [2.75, 3.05) is 10.6 Å². The smallest absolute Gasteiger partial charge is 0.308 e. The fraction of sp³-hybridized carbons (Fsp3) is 0.0500. The highest BCUT2D eigenvalue weighted by atomic mass is 19.4. The third-order valence-corrected chi connectivity index (χ3v) is 4.22. The molecule has 0 saturated carbocycles. The molecule has 2 aromatic heterocycles. The lowest BCUT2D eigenvalue weighted by molar-refractivity contribution is -0.137. The molecule has 0 bridgehead atoms. The maximum Gasteiger partial charge on any atom is 0.416 e. The zero-order valence-corrected chi connectivity index (χ0v) is 15.1. The largest absolute Gasteiger partial charge is 0.416 e. The van der Waals surface area contributed by atoms with Gasteiger partial charge in [0.1, 0.15) is 17.3 Å². The van der Waals surface area contributed by atoms with Crippen LogP contribution in [-0.2, 0) is 6.18 Å². The second-order valence-electron chi connectivity index (χ2n) is 6.26. The summed E-state index contributed by atoms with van der Waals surface area (Å²) in [6.45, 7) is 0. The highest BCUT2D eigenvalue weighted by Gasteiger charge is 2.30. The molecule has 30 heavy (non-hydrogen) atoms. The standard InChI is InChI=1S/C20H13F4N5O/c21-14-6-8-15(9-7-14)26-19(30)28-17-16(27-18-25-10-1-11-29(17)18)12-2-4-13(5-3-12)20(22,23)24/h1-11H,(H2,26,28,30). The molecule has 2 aromatic carbocycles. The van der Waals surface area contributed by atoms with Crippen molar-refractivity contribution in [3.8, 4) is 11.3 Å². The van der Waals surface area contributed by atoms with Crippen LogP contribution in [0.25, 0.3) is 17.0 Å². The molecule has 4 aromatic rings. The normalized spacial score (nSPS) is 11.5. The van der Waals surface area contributed by atoms with Gasteiger partial charge in [-0.1, -0.05) is 12.1 Å². The summed E-state index contributed by atoms with van der Waals surface area (Å²) in [5.41, 5.74) is 0.177. The molecular formula is C20H13F4N5O. The highest BCUT2D eigenvalue weighted by molar-refractivity contribution is 6.01. The van der Waals surface area contributed by atoms with Gasteiger partial charge >= 0.3 is 12.2 Å². The van der Waals surface area contributed by atoms with E-state index >= 15 is 0 Å². The number of carbonyl (C=O) groups is 1. The predicted octanol–water partition coefficient (Wildman–Crippen LogP) is 5.20. The van der Waals surface area contributed by atoms with Gasteiger partial charge in [-0.3, -0.25) is 9.72 Å². The first kappa shape index (κ1) is 19.4. The van der Waals surface area contributed by atoms with Crippen molar-refractivity contribution >= 4 is 23.3 Å². The van der Waals surface area contributed by atoms with Crippen molar-refractivity contribution in [2.45, 2.75) is 6.18 Å². The first-order valence-corrected chi connectivity index (χ1v) is 8.65. The van der Waals surface area contributed by atoms with Crippen LogP contribution in [0.3, 0.4) is 0 Å². The molecule has 2 heterocycles. The molecule has 0 aliphatic heterocycles. The Bertz CT molecular complexity index is 1200. The molecular weight excluding hydrogens is 402 g/mol. The van der Waals surface area contributed by atoms with Gasteiger partial charge in [-0.05, 0) is 42.5 Å². The van der Waals surface area contributed by atoms with E-state index in [0.29, 0.717) is 11.3 Å². The number of nitrogens with one attached hydrogen (secondary N) is 2. The number of urea groups is 1. The molecule has 0 aliphatic carbocycles. The Kier molecular flexibility index (Phi) is 4.82. The van der Waals surface area contributed by atoms with Crippen molar-refractivity contribution in [3.63, 3.8) is 0 Å². The monoisotopic (exact) mass is 415 g/mol. The SMILES string of the molecule is O=C(Nc1ccc(F)cc1)Nc1c(-c2ccc(C(F)(F)F)cc2)nc2ncccn12. The summed E-state index contributed by atoms with van der Waals surface area (Å²) >= 11 is 0. The molecule has 152 valence electrons. The molecule has 0 aliphatic rings. The average Bonchev–Trinajstić information content (AvgIpc) is 3.08. The number of carbonyl (C=O) groups excluding carboxylic acids is 1. The van der Waals surface area contributed by atoms with Crippen LogP contribution in [0.2, 0.25) is 0 Å². The average molecular weight is 415 g/mol. The molecule has 0 unspecified atom stereocenters. The van der Waals surface area contributed by atoms with Crippen LogP contribution >= 0.6 is 0 Å². The fourth-order valence-corrected chi connectivity index (χ4v) is 2.83. The molecule has 4 rings (SSSR count). The molecule has 0 radical (unpaired) electrons. The van der Waals surface area contributed by atoms with Crippen molar-refractivity contribution in [3.05, 3.63) is 78.4 Å². The molecule has 0 saturated heterocycles. The molecule has 0 spiro atoms. The number of anilines is 2. The zero-order valence-electron chi connectivity index (χ0n) is 15.1. The van der Waals surface area contributed by atoms with Gasteiger partial charge in [0.05, 0.1) is 5.56 Å². The Hall–Kier alpha value is -3.95. The van der Waals surface area contributed by atoms with E-state index in [9.17, 15) is 22.4 Å². The predicted molar refractivity (Wildman–Crippen MR) is 102 cm³/mol. The lowest BCUT2D eigenvalue weighted by Gasteiger charge is -2.10. The topological polar surface area (TPSA) is 71.3 Å². The number of hydrogen-bond donors (Lipinski definition) is 2. The molecule has 0 atom stereocenters. The number of benzene rings is 2. The van der Waals surface area contributed by atoms with E-state index in [4.69, 9.17) is 0 Å². The van der Waals surface area contributed by atoms with E-state index in [1.165, 1.54) is 47.0 Å². The summed E-state index contributed by atoms with van der Waals surface area (Å²) in [5.74, 6) is 0.0281. The molecule has 6 nitrogen and oxygen atoms in total. The van der Waals surface area contributed by atoms with Gasteiger partial charge in [0.25, 0.3) is 0 Å². The second kappa shape index (κ2) is 7.47. The zero-order chi connectivity index (χ0) is 21.3. The first-order chi connectivity index (χ1) is 14.3. The minimum Gasteiger partial charge on any atom is -0.308 e. The summed E-state index contributed by atoms with van der Waals surface area (Å²) in [6.07, 6.45) is -1.35. The third kappa shape index (κ3) is 3.93. The molecule has 2 N–H and O–H groups in total. The Balaban J connectivity index is 1.68. The molecule has 2 amide bonds. The van der Waals surface area contributed by atoms with Crippen LogP contribution in [0.4, 0.5) is 33.9 Å². The van der Waals surface area contributed by atoms with Crippen LogP contribution < -0.4 is 10.6 Å². The summed E-state index contributed by atoms with van der Waals surface area (Å²) in [6, 6.07) is 10.6. The number of hydrogen-bond acceptors (Lipinski definition) is 3. The fourth-order valence-electron chi connectivity index (χ4n) is 2.83. The van der Waals surface area contributed by atoms with E-state index in [-0.39, 0.29) is 17.3 Å². The van der Waals surface area contributed by atoms with E-state index in [2.05, 4.69) is 20.6 Å². The molecule has 0 fully saturated rings. The number of aromatic nitrogens is 3. The maximum atomic E-state index is 13.0. The van der Waals surface area contributed by atoms with E-state index < -0.39 is 23.6 Å². The van der Waals surface area contributed by atoms with Crippen molar-refractivity contribution < 1.29 is 22.4 Å². The maximum absolute atomic E-state index is 13.0. The summed E-state index contributed by atoms with van der Waals surface area (Å²) in [5, 5.41) is 5.19. The Morgan fingerprint density at radius 3 is 2.33 bits per heavy atom. The van der Waals surface area contributed by atoms with Gasteiger partial charge in [-0.2, -0.15) is 13.2 Å². The minimum atomic E-state index is -4.46. The number of halogens is 4. The number of alkyl halides is 3. The van der Waals surface area contributed by atoms with Crippen molar-refractivity contribution in [1.29, 1.82) is 0 Å². The quantitative estimate of drug-likeness (QED) is 0.452. The minimum absolute atomic E-state index is 0.220. The van der Waals surface area contributed by atoms with Gasteiger partial charge in [0.15, 0.2) is 0 Å². The van der Waals surface area contributed by atoms with Crippen molar-refractivity contribution in [1.82, 2.24) is 14.4 Å². The molecule has 10 heteroatoms. The van der Waals surface area contributed by atoms with Gasteiger partial charge in [0.2, 0.25) is 5.78 Å². The summed E-state index contributed by atoms with van der Waals surface area (Å²) in [7, 11) is 0. The Morgan fingerprint density at radius 1 is 0.967 bits per heavy atom. The summed E-state index contributed by atoms with van der Waals surface area (Å²) in [4.78, 5) is 20.9. The van der Waals surface area contributed by atoms with Gasteiger partial charge < -0.3 is 5.32 Å². The number of amides is 2. The number of rotatable bonds is 3. The van der Waals surface area contributed by atoms with Crippen LogP contribution in [-0.4, -0.2) is 20.4 Å². The van der Waals surface area contributed by atoms with Crippen LogP contribution in [0.5, 0.6) is 0 Å². The van der Waals surface area contributed by atoms with Crippen molar-refractivity contribution in [2.24, 2.45) is 0 Å². The lowest BCUT2D eigenvalue weighted by atomic mass is 10.1. The van der Waals surface area contributed by atoms with E-state index in [1.807, 2.05) is 0 Å². The number of nitrogens with zero attached hydrogens (tertiary/aromatic N) is 3. The first-order valence-electron chi connectivity index (χ1n) is 8.65. The highest BCUT2D eigenvalue weighted by Crippen LogP contribution is 2.33. The van der Waals surface area contributed by atoms with Gasteiger partial charge in [-0.15, -0.1) is 0 Å².